The summed E-state index contributed by atoms with van der Waals surface area (Å²) in [6, 6.07) is 2.91. The molecule has 2 nitrogen and oxygen atoms in total. The van der Waals surface area contributed by atoms with E-state index in [1.54, 1.807) is 0 Å². The average Bonchev–Trinajstić information content (AvgIpc) is 2.09. The van der Waals surface area contributed by atoms with E-state index in [2.05, 4.69) is 0 Å². The van der Waals surface area contributed by atoms with Crippen molar-refractivity contribution in [1.82, 2.24) is 0 Å². The van der Waals surface area contributed by atoms with Crippen LogP contribution in [0.15, 0.2) is 18.2 Å². The topological polar surface area (TPSA) is 26.3 Å². The van der Waals surface area contributed by atoms with Crippen molar-refractivity contribution in [2.45, 2.75) is 13.0 Å². The van der Waals surface area contributed by atoms with Crippen molar-refractivity contribution in [2.24, 2.45) is 0 Å². The molecule has 0 aromatic heterocycles. The van der Waals surface area contributed by atoms with Crippen molar-refractivity contribution in [3.8, 4) is 5.75 Å². The molecule has 0 amide bonds. The van der Waals surface area contributed by atoms with Crippen molar-refractivity contribution < 1.29 is 18.3 Å². The van der Waals surface area contributed by atoms with Gasteiger partial charge in [0.1, 0.15) is 5.82 Å². The fraction of sp³-hybridized carbons (Fsp3) is 0.222. The van der Waals surface area contributed by atoms with E-state index in [4.69, 9.17) is 4.74 Å². The molecule has 1 aromatic carbocycles. The first-order valence-electron chi connectivity index (χ1n) is 3.70. The van der Waals surface area contributed by atoms with Crippen LogP contribution in [0.25, 0.3) is 0 Å². The highest BCUT2D eigenvalue weighted by Gasteiger charge is 2.07. The van der Waals surface area contributed by atoms with Crippen molar-refractivity contribution in [1.29, 1.82) is 0 Å². The molecule has 0 heterocycles. The van der Waals surface area contributed by atoms with Crippen molar-refractivity contribution in [3.05, 3.63) is 29.8 Å². The number of ether oxygens (including phenoxy) is 1. The number of rotatable bonds is 3. The molecule has 0 saturated heterocycles. The van der Waals surface area contributed by atoms with Crippen LogP contribution in [0.3, 0.4) is 0 Å². The van der Waals surface area contributed by atoms with Crippen molar-refractivity contribution in [3.63, 3.8) is 0 Å². The molecule has 0 aliphatic rings. The molecule has 0 radical (unpaired) electrons. The molecule has 1 rings (SSSR count). The van der Waals surface area contributed by atoms with Gasteiger partial charge in [0.2, 0.25) is 0 Å². The SMILES string of the molecule is CC(C=O)Oc1ccc(F)cc1F. The van der Waals surface area contributed by atoms with E-state index in [0.717, 1.165) is 12.1 Å². The Bertz CT molecular complexity index is 312. The lowest BCUT2D eigenvalue weighted by Crippen LogP contribution is -2.13. The van der Waals surface area contributed by atoms with Gasteiger partial charge in [0.25, 0.3) is 0 Å². The number of carbonyl (C=O) groups is 1. The Morgan fingerprint density at radius 1 is 1.46 bits per heavy atom. The zero-order chi connectivity index (χ0) is 9.84. The summed E-state index contributed by atoms with van der Waals surface area (Å²) in [6.45, 7) is 1.47. The number of aldehydes is 1. The molecule has 0 saturated carbocycles. The highest BCUT2D eigenvalue weighted by atomic mass is 19.1. The zero-order valence-electron chi connectivity index (χ0n) is 6.96. The van der Waals surface area contributed by atoms with Gasteiger partial charge < -0.3 is 4.74 Å². The van der Waals surface area contributed by atoms with E-state index in [1.165, 1.54) is 6.92 Å². The van der Waals surface area contributed by atoms with Gasteiger partial charge in [0, 0.05) is 6.07 Å². The summed E-state index contributed by atoms with van der Waals surface area (Å²) < 4.78 is 30.1. The largest absolute Gasteiger partial charge is 0.480 e. The first kappa shape index (κ1) is 9.64. The number of hydrogen-bond donors (Lipinski definition) is 0. The first-order valence-corrected chi connectivity index (χ1v) is 3.70. The van der Waals surface area contributed by atoms with Crippen LogP contribution in [0.2, 0.25) is 0 Å². The third-order valence-electron chi connectivity index (χ3n) is 1.40. The van der Waals surface area contributed by atoms with Crippen LogP contribution in [-0.2, 0) is 4.79 Å². The van der Waals surface area contributed by atoms with Gasteiger partial charge in [0.05, 0.1) is 0 Å². The van der Waals surface area contributed by atoms with Gasteiger partial charge >= 0.3 is 0 Å². The molecule has 0 fully saturated rings. The smallest absolute Gasteiger partial charge is 0.168 e. The normalized spacial score (nSPS) is 12.2. The van der Waals surface area contributed by atoms with Gasteiger partial charge in [-0.2, -0.15) is 0 Å². The number of halogens is 2. The Kier molecular flexibility index (Phi) is 2.95. The van der Waals surface area contributed by atoms with Crippen LogP contribution < -0.4 is 4.74 Å². The van der Waals surface area contributed by atoms with Gasteiger partial charge in [-0.05, 0) is 19.1 Å². The lowest BCUT2D eigenvalue weighted by molar-refractivity contribution is -0.113. The molecule has 13 heavy (non-hydrogen) atoms. The summed E-state index contributed by atoms with van der Waals surface area (Å²) in [5.74, 6) is -1.61. The third kappa shape index (κ3) is 2.50. The van der Waals surface area contributed by atoms with E-state index in [0.29, 0.717) is 12.4 Å². The number of benzene rings is 1. The van der Waals surface area contributed by atoms with E-state index < -0.39 is 17.7 Å². The predicted octanol–water partition coefficient (Wildman–Crippen LogP) is 1.93. The molecule has 0 aliphatic heterocycles. The predicted molar refractivity (Wildman–Crippen MR) is 42.5 cm³/mol. The van der Waals surface area contributed by atoms with Crippen molar-refractivity contribution in [2.75, 3.05) is 0 Å². The summed E-state index contributed by atoms with van der Waals surface area (Å²) in [4.78, 5) is 10.2. The van der Waals surface area contributed by atoms with Gasteiger partial charge in [-0.1, -0.05) is 0 Å². The van der Waals surface area contributed by atoms with Crippen LogP contribution in [0.1, 0.15) is 6.92 Å². The minimum absolute atomic E-state index is 0.124. The quantitative estimate of drug-likeness (QED) is 0.674. The van der Waals surface area contributed by atoms with Gasteiger partial charge in [-0.3, -0.25) is 4.79 Å². The summed E-state index contributed by atoms with van der Waals surface area (Å²) in [6.07, 6.45) is -0.206. The summed E-state index contributed by atoms with van der Waals surface area (Å²) in [5, 5.41) is 0. The molecule has 0 aliphatic carbocycles. The van der Waals surface area contributed by atoms with Crippen LogP contribution in [0, 0.1) is 11.6 Å². The zero-order valence-corrected chi connectivity index (χ0v) is 6.96. The summed E-state index contributed by atoms with van der Waals surface area (Å²) in [5.41, 5.74) is 0. The Labute approximate surface area is 74.1 Å². The molecule has 1 atom stereocenters. The molecule has 1 aromatic rings. The second-order valence-electron chi connectivity index (χ2n) is 2.53. The number of hydrogen-bond acceptors (Lipinski definition) is 2. The minimum Gasteiger partial charge on any atom is -0.480 e. The maximum absolute atomic E-state index is 12.9. The van der Waals surface area contributed by atoms with E-state index in [1.807, 2.05) is 0 Å². The lowest BCUT2D eigenvalue weighted by Gasteiger charge is -2.08. The first-order chi connectivity index (χ1) is 6.13. The monoisotopic (exact) mass is 186 g/mol. The Hall–Kier alpha value is -1.45. The van der Waals surface area contributed by atoms with Crippen LogP contribution in [0.5, 0.6) is 5.75 Å². The van der Waals surface area contributed by atoms with E-state index in [-0.39, 0.29) is 5.75 Å². The molecule has 0 bridgehead atoms. The highest BCUT2D eigenvalue weighted by molar-refractivity contribution is 5.56. The molecule has 0 N–H and O–H groups in total. The molecule has 1 unspecified atom stereocenters. The van der Waals surface area contributed by atoms with Crippen molar-refractivity contribution >= 4 is 6.29 Å². The molecule has 4 heteroatoms. The van der Waals surface area contributed by atoms with Gasteiger partial charge in [-0.15, -0.1) is 0 Å². The van der Waals surface area contributed by atoms with Crippen LogP contribution >= 0.6 is 0 Å². The minimum atomic E-state index is -0.811. The molecular weight excluding hydrogens is 178 g/mol. The fourth-order valence-electron chi connectivity index (χ4n) is 0.799. The fourth-order valence-corrected chi connectivity index (χ4v) is 0.799. The highest BCUT2D eigenvalue weighted by Crippen LogP contribution is 2.18. The Morgan fingerprint density at radius 2 is 2.15 bits per heavy atom. The Morgan fingerprint density at radius 3 is 2.69 bits per heavy atom. The maximum Gasteiger partial charge on any atom is 0.168 e. The van der Waals surface area contributed by atoms with Gasteiger partial charge in [0.15, 0.2) is 24.0 Å². The van der Waals surface area contributed by atoms with Crippen LogP contribution in [0.4, 0.5) is 8.78 Å². The standard InChI is InChI=1S/C9H8F2O2/c1-6(5-12)13-9-3-2-7(10)4-8(9)11/h2-6H,1H3. The second kappa shape index (κ2) is 3.98. The summed E-state index contributed by atoms with van der Waals surface area (Å²) >= 11 is 0. The average molecular weight is 186 g/mol. The van der Waals surface area contributed by atoms with E-state index >= 15 is 0 Å². The lowest BCUT2D eigenvalue weighted by atomic mass is 10.3. The Balaban J connectivity index is 2.83. The van der Waals surface area contributed by atoms with Gasteiger partial charge in [-0.25, -0.2) is 8.78 Å². The second-order valence-corrected chi connectivity index (χ2v) is 2.53. The number of carbonyl (C=O) groups excluding carboxylic acids is 1. The molecule has 0 spiro atoms. The van der Waals surface area contributed by atoms with E-state index in [9.17, 15) is 13.6 Å². The molecular formula is C9H8F2O2. The third-order valence-corrected chi connectivity index (χ3v) is 1.40. The summed E-state index contributed by atoms with van der Waals surface area (Å²) in [7, 11) is 0. The maximum atomic E-state index is 12.9. The van der Waals surface area contributed by atoms with Crippen LogP contribution in [-0.4, -0.2) is 12.4 Å². The molecule has 70 valence electrons.